The van der Waals surface area contributed by atoms with Crippen LogP contribution in [0, 0.1) is 0 Å². The van der Waals surface area contributed by atoms with Crippen LogP contribution in [0.15, 0.2) is 91.0 Å². The lowest BCUT2D eigenvalue weighted by atomic mass is 10.0. The zero-order chi connectivity index (χ0) is 22.2. The lowest BCUT2D eigenvalue weighted by molar-refractivity contribution is -0.123. The molecule has 4 rings (SSSR count). The summed E-state index contributed by atoms with van der Waals surface area (Å²) in [6.45, 7) is 2.64. The summed E-state index contributed by atoms with van der Waals surface area (Å²) in [5, 5.41) is 6.12. The summed E-state index contributed by atoms with van der Waals surface area (Å²) in [6, 6.07) is 28.6. The van der Waals surface area contributed by atoms with Gasteiger partial charge >= 0.3 is 0 Å². The van der Waals surface area contributed by atoms with Gasteiger partial charge in [0.2, 0.25) is 5.91 Å². The fourth-order valence-corrected chi connectivity index (χ4v) is 4.13. The minimum atomic E-state index is -0.631. The molecule has 2 unspecified atom stereocenters. The third-order valence-corrected chi connectivity index (χ3v) is 5.81. The number of hydrogen-bond acceptors (Lipinski definition) is 3. The van der Waals surface area contributed by atoms with E-state index in [1.54, 1.807) is 12.1 Å². The molecule has 3 aromatic carbocycles. The van der Waals surface area contributed by atoms with Crippen molar-refractivity contribution in [3.8, 4) is 0 Å². The number of amides is 2. The van der Waals surface area contributed by atoms with Crippen molar-refractivity contribution in [2.24, 2.45) is 0 Å². The number of benzene rings is 3. The average molecular weight is 428 g/mol. The number of hydrogen-bond donors (Lipinski definition) is 2. The minimum Gasteiger partial charge on any atom is -0.350 e. The first-order valence-corrected chi connectivity index (χ1v) is 11.1. The van der Waals surface area contributed by atoms with E-state index in [4.69, 9.17) is 0 Å². The smallest absolute Gasteiger partial charge is 0.251 e. The Morgan fingerprint density at radius 1 is 0.844 bits per heavy atom. The lowest BCUT2D eigenvalue weighted by Gasteiger charge is -2.22. The van der Waals surface area contributed by atoms with Crippen LogP contribution >= 0.6 is 0 Å². The van der Waals surface area contributed by atoms with Crippen molar-refractivity contribution in [3.63, 3.8) is 0 Å². The molecule has 1 saturated heterocycles. The summed E-state index contributed by atoms with van der Waals surface area (Å²) in [5.41, 5.74) is 2.84. The van der Waals surface area contributed by atoms with E-state index in [2.05, 4.69) is 27.7 Å². The fourth-order valence-electron chi connectivity index (χ4n) is 4.13. The van der Waals surface area contributed by atoms with Crippen LogP contribution in [-0.4, -0.2) is 41.9 Å². The van der Waals surface area contributed by atoms with Crippen molar-refractivity contribution in [1.29, 1.82) is 0 Å². The Morgan fingerprint density at radius 3 is 2.09 bits per heavy atom. The van der Waals surface area contributed by atoms with Gasteiger partial charge in [0.05, 0.1) is 0 Å². The van der Waals surface area contributed by atoms with E-state index in [-0.39, 0.29) is 17.9 Å². The Kier molecular flexibility index (Phi) is 7.31. The highest BCUT2D eigenvalue weighted by Crippen LogP contribution is 2.14. The van der Waals surface area contributed by atoms with Crippen molar-refractivity contribution >= 4 is 11.8 Å². The second-order valence-electron chi connectivity index (χ2n) is 8.30. The molecule has 0 radical (unpaired) electrons. The molecule has 5 heteroatoms. The molecular weight excluding hydrogens is 398 g/mol. The molecule has 0 aliphatic carbocycles. The molecule has 0 saturated carbocycles. The molecule has 164 valence electrons. The molecule has 1 fully saturated rings. The highest BCUT2D eigenvalue weighted by molar-refractivity contribution is 5.97. The first-order chi connectivity index (χ1) is 15.7. The maximum Gasteiger partial charge on any atom is 0.251 e. The largest absolute Gasteiger partial charge is 0.350 e. The van der Waals surface area contributed by atoms with Crippen molar-refractivity contribution in [2.75, 3.05) is 13.1 Å². The molecule has 1 aliphatic heterocycles. The molecule has 0 spiro atoms. The van der Waals surface area contributed by atoms with Crippen LogP contribution in [0.2, 0.25) is 0 Å². The van der Waals surface area contributed by atoms with Crippen LogP contribution in [0.5, 0.6) is 0 Å². The van der Waals surface area contributed by atoms with Gasteiger partial charge < -0.3 is 10.6 Å². The average Bonchev–Trinajstić information content (AvgIpc) is 3.27. The number of likely N-dealkylation sites (tertiary alicyclic amines) is 1. The van der Waals surface area contributed by atoms with Gasteiger partial charge in [-0.3, -0.25) is 14.5 Å². The summed E-state index contributed by atoms with van der Waals surface area (Å²) in [5.74, 6) is -0.372. The molecule has 5 nitrogen and oxygen atoms in total. The maximum atomic E-state index is 13.2. The number of nitrogens with zero attached hydrogens (tertiary/aromatic N) is 1. The van der Waals surface area contributed by atoms with Gasteiger partial charge in [-0.05, 0) is 29.7 Å². The van der Waals surface area contributed by atoms with Crippen LogP contribution < -0.4 is 10.6 Å². The third-order valence-electron chi connectivity index (χ3n) is 5.81. The minimum absolute atomic E-state index is 0.0816. The van der Waals surface area contributed by atoms with Gasteiger partial charge in [-0.2, -0.15) is 0 Å². The summed E-state index contributed by atoms with van der Waals surface area (Å²) < 4.78 is 0. The summed E-state index contributed by atoms with van der Waals surface area (Å²) in [6.07, 6.45) is 1.36. The van der Waals surface area contributed by atoms with Gasteiger partial charge in [0.15, 0.2) is 0 Å². The van der Waals surface area contributed by atoms with Gasteiger partial charge in [-0.25, -0.2) is 0 Å². The fraction of sp³-hybridized carbons (Fsp3) is 0.259. The lowest BCUT2D eigenvalue weighted by Crippen LogP contribution is -2.51. The van der Waals surface area contributed by atoms with E-state index < -0.39 is 6.04 Å². The topological polar surface area (TPSA) is 61.4 Å². The quantitative estimate of drug-likeness (QED) is 0.579. The molecular formula is C27H29N3O2. The Hall–Kier alpha value is -3.44. The van der Waals surface area contributed by atoms with Crippen LogP contribution in [0.25, 0.3) is 0 Å². The van der Waals surface area contributed by atoms with Crippen LogP contribution in [0.4, 0.5) is 0 Å². The van der Waals surface area contributed by atoms with Crippen LogP contribution in [0.1, 0.15) is 27.9 Å². The zero-order valence-corrected chi connectivity index (χ0v) is 18.1. The predicted molar refractivity (Wildman–Crippen MR) is 126 cm³/mol. The highest BCUT2D eigenvalue weighted by atomic mass is 16.2. The normalized spacial score (nSPS) is 16.9. The van der Waals surface area contributed by atoms with Gasteiger partial charge in [0, 0.05) is 37.7 Å². The molecule has 2 atom stereocenters. The van der Waals surface area contributed by atoms with Crippen molar-refractivity contribution in [1.82, 2.24) is 15.5 Å². The molecule has 3 aromatic rings. The number of carbonyl (C=O) groups excluding carboxylic acids is 2. The summed E-state index contributed by atoms with van der Waals surface area (Å²) >= 11 is 0. The third kappa shape index (κ3) is 6.05. The Morgan fingerprint density at radius 2 is 1.44 bits per heavy atom. The summed E-state index contributed by atoms with van der Waals surface area (Å²) in [7, 11) is 0. The molecule has 0 bridgehead atoms. The second-order valence-corrected chi connectivity index (χ2v) is 8.30. The van der Waals surface area contributed by atoms with Gasteiger partial charge in [0.1, 0.15) is 6.04 Å². The van der Waals surface area contributed by atoms with Crippen molar-refractivity contribution in [2.45, 2.75) is 31.5 Å². The first-order valence-electron chi connectivity index (χ1n) is 11.1. The number of nitrogens with one attached hydrogen (secondary N) is 2. The molecule has 2 N–H and O–H groups in total. The molecule has 32 heavy (non-hydrogen) atoms. The van der Waals surface area contributed by atoms with Gasteiger partial charge in [-0.1, -0.05) is 78.9 Å². The van der Waals surface area contributed by atoms with E-state index in [1.807, 2.05) is 66.7 Å². The van der Waals surface area contributed by atoms with Crippen molar-refractivity contribution < 1.29 is 9.59 Å². The second kappa shape index (κ2) is 10.7. The Labute approximate surface area is 189 Å². The molecule has 1 aliphatic rings. The standard InChI is InChI=1S/C27H29N3O2/c31-26(23-14-8-3-9-15-23)29-25(18-21-10-4-1-5-11-21)27(32)28-24-16-17-30(20-24)19-22-12-6-2-7-13-22/h1-15,24-25H,16-20H2,(H,28,32)(H,29,31). The van der Waals surface area contributed by atoms with E-state index in [1.165, 1.54) is 5.56 Å². The maximum absolute atomic E-state index is 13.2. The SMILES string of the molecule is O=C(NC(Cc1ccccc1)C(=O)NC1CCN(Cc2ccccc2)C1)c1ccccc1. The molecule has 1 heterocycles. The predicted octanol–water partition coefficient (Wildman–Crippen LogP) is 3.42. The molecule has 0 aromatic heterocycles. The number of carbonyl (C=O) groups is 2. The number of rotatable bonds is 8. The highest BCUT2D eigenvalue weighted by Gasteiger charge is 2.28. The van der Waals surface area contributed by atoms with Gasteiger partial charge in [-0.15, -0.1) is 0 Å². The van der Waals surface area contributed by atoms with Crippen LogP contribution in [-0.2, 0) is 17.8 Å². The Balaban J connectivity index is 1.39. The van der Waals surface area contributed by atoms with E-state index in [9.17, 15) is 9.59 Å². The van der Waals surface area contributed by atoms with E-state index in [0.29, 0.717) is 12.0 Å². The van der Waals surface area contributed by atoms with E-state index in [0.717, 1.165) is 31.6 Å². The first kappa shape index (κ1) is 21.8. The monoisotopic (exact) mass is 427 g/mol. The van der Waals surface area contributed by atoms with Crippen LogP contribution in [0.3, 0.4) is 0 Å². The zero-order valence-electron chi connectivity index (χ0n) is 18.1. The van der Waals surface area contributed by atoms with E-state index >= 15 is 0 Å². The van der Waals surface area contributed by atoms with Crippen molar-refractivity contribution in [3.05, 3.63) is 108 Å². The summed E-state index contributed by atoms with van der Waals surface area (Å²) in [4.78, 5) is 28.3. The molecule has 2 amide bonds. The van der Waals surface area contributed by atoms with Gasteiger partial charge in [0.25, 0.3) is 5.91 Å². The Bertz CT molecular complexity index is 1010.